The highest BCUT2D eigenvalue weighted by Gasteiger charge is 2.07. The van der Waals surface area contributed by atoms with Gasteiger partial charge in [0.05, 0.1) is 6.61 Å². The molecule has 0 heterocycles. The Balaban J connectivity index is 3.24. The molecule has 0 aliphatic heterocycles. The predicted octanol–water partition coefficient (Wildman–Crippen LogP) is 7.30. The maximum Gasteiger partial charge on any atom is 0.354 e. The van der Waals surface area contributed by atoms with Crippen LogP contribution < -0.4 is 5.32 Å². The van der Waals surface area contributed by atoms with Crippen LogP contribution in [0.4, 0.5) is 0 Å². The van der Waals surface area contributed by atoms with Crippen LogP contribution in [0, 0.1) is 0 Å². The first-order valence-corrected chi connectivity index (χ1v) is 11.8. The van der Waals surface area contributed by atoms with E-state index < -0.39 is 0 Å². The van der Waals surface area contributed by atoms with Gasteiger partial charge in [-0.05, 0) is 20.3 Å². The molecular weight excluding hydrogens is 334 g/mol. The quantitative estimate of drug-likeness (QED) is 0.136. The summed E-state index contributed by atoms with van der Waals surface area (Å²) in [6, 6.07) is 0. The van der Waals surface area contributed by atoms with E-state index in [0.29, 0.717) is 12.3 Å². The lowest BCUT2D eigenvalue weighted by atomic mass is 10.0. The molecule has 27 heavy (non-hydrogen) atoms. The molecule has 160 valence electrons. The third-order valence-corrected chi connectivity index (χ3v) is 5.13. The van der Waals surface area contributed by atoms with Crippen LogP contribution >= 0.6 is 0 Å². The Labute approximate surface area is 169 Å². The summed E-state index contributed by atoms with van der Waals surface area (Å²) in [5.41, 5.74) is 0.595. The van der Waals surface area contributed by atoms with Crippen molar-refractivity contribution in [2.75, 3.05) is 13.2 Å². The van der Waals surface area contributed by atoms with Crippen LogP contribution in [0.25, 0.3) is 0 Å². The summed E-state index contributed by atoms with van der Waals surface area (Å²) < 4.78 is 5.01. The van der Waals surface area contributed by atoms with E-state index in [9.17, 15) is 4.79 Å². The fourth-order valence-corrected chi connectivity index (χ4v) is 3.40. The molecule has 0 atom stereocenters. The third kappa shape index (κ3) is 18.2. The molecule has 3 heteroatoms. The predicted molar refractivity (Wildman–Crippen MR) is 118 cm³/mol. The van der Waals surface area contributed by atoms with Gasteiger partial charge in [-0.2, -0.15) is 0 Å². The van der Waals surface area contributed by atoms with Crippen molar-refractivity contribution in [3.63, 3.8) is 0 Å². The number of hydrogen-bond donors (Lipinski definition) is 1. The smallest absolute Gasteiger partial charge is 0.354 e. The minimum absolute atomic E-state index is 0.239. The van der Waals surface area contributed by atoms with Crippen LogP contribution in [0.2, 0.25) is 0 Å². The topological polar surface area (TPSA) is 38.3 Å². The van der Waals surface area contributed by atoms with Gasteiger partial charge >= 0.3 is 5.97 Å². The molecule has 0 unspecified atom stereocenters. The lowest BCUT2D eigenvalue weighted by Crippen LogP contribution is -2.23. The maximum atomic E-state index is 11.6. The van der Waals surface area contributed by atoms with Crippen LogP contribution in [0.3, 0.4) is 0 Å². The zero-order valence-corrected chi connectivity index (χ0v) is 18.6. The third-order valence-electron chi connectivity index (χ3n) is 5.13. The summed E-state index contributed by atoms with van der Waals surface area (Å²) >= 11 is 0. The van der Waals surface area contributed by atoms with E-state index in [1.54, 1.807) is 6.08 Å². The number of esters is 1. The Kier molecular flexibility index (Phi) is 20.5. The molecule has 0 saturated carbocycles. The summed E-state index contributed by atoms with van der Waals surface area (Å²) in [7, 11) is 0. The summed E-state index contributed by atoms with van der Waals surface area (Å²) in [4.78, 5) is 11.6. The maximum absolute atomic E-state index is 11.6. The fourth-order valence-electron chi connectivity index (χ4n) is 3.40. The number of allylic oxidation sites excluding steroid dienone is 1. The van der Waals surface area contributed by atoms with Gasteiger partial charge in [0.1, 0.15) is 5.70 Å². The van der Waals surface area contributed by atoms with E-state index >= 15 is 0 Å². The number of carbonyl (C=O) groups is 1. The fraction of sp³-hybridized carbons (Fsp3) is 0.875. The molecule has 0 fully saturated rings. The second kappa shape index (κ2) is 21.3. The van der Waals surface area contributed by atoms with Crippen LogP contribution in [0.15, 0.2) is 11.8 Å². The highest BCUT2D eigenvalue weighted by Crippen LogP contribution is 2.13. The molecule has 1 N–H and O–H groups in total. The van der Waals surface area contributed by atoms with Crippen LogP contribution in [0.5, 0.6) is 0 Å². The van der Waals surface area contributed by atoms with Gasteiger partial charge in [-0.1, -0.05) is 109 Å². The Morgan fingerprint density at radius 3 is 1.48 bits per heavy atom. The molecule has 0 bridgehead atoms. The second-order valence-corrected chi connectivity index (χ2v) is 7.65. The van der Waals surface area contributed by atoms with Crippen LogP contribution in [-0.2, 0) is 9.53 Å². The molecule has 0 radical (unpaired) electrons. The number of nitrogens with one attached hydrogen (secondary N) is 1. The molecule has 0 spiro atoms. The number of carbonyl (C=O) groups excluding carboxylic acids is 1. The molecule has 0 aromatic rings. The number of unbranched alkanes of at least 4 members (excludes halogenated alkanes) is 15. The number of rotatable bonds is 20. The van der Waals surface area contributed by atoms with Gasteiger partial charge in [0, 0.05) is 6.54 Å². The average Bonchev–Trinajstić information content (AvgIpc) is 2.67. The SMILES string of the molecule is CC=C(NCCCCCCCCCCCCCCCCCC)C(=O)OCC. The molecule has 0 aromatic carbocycles. The van der Waals surface area contributed by atoms with Crippen molar-refractivity contribution in [3.05, 3.63) is 11.8 Å². The van der Waals surface area contributed by atoms with E-state index in [0.717, 1.165) is 13.0 Å². The van der Waals surface area contributed by atoms with E-state index in [-0.39, 0.29) is 5.97 Å². The largest absolute Gasteiger partial charge is 0.461 e. The van der Waals surface area contributed by atoms with Gasteiger partial charge in [0.2, 0.25) is 0 Å². The molecule has 3 nitrogen and oxygen atoms in total. The lowest BCUT2D eigenvalue weighted by Gasteiger charge is -2.09. The van der Waals surface area contributed by atoms with Crippen molar-refractivity contribution >= 4 is 5.97 Å². The summed E-state index contributed by atoms with van der Waals surface area (Å²) in [6.45, 7) is 7.27. The van der Waals surface area contributed by atoms with Crippen molar-refractivity contribution in [1.29, 1.82) is 0 Å². The van der Waals surface area contributed by atoms with Crippen molar-refractivity contribution < 1.29 is 9.53 Å². The standard InChI is InChI=1S/C24H47NO2/c1-4-7-8-9-10-11-12-13-14-15-16-17-18-19-20-21-22-25-23(5-2)24(26)27-6-3/h5,25H,4,6-22H2,1-3H3. The summed E-state index contributed by atoms with van der Waals surface area (Å²) in [5, 5.41) is 3.19. The van der Waals surface area contributed by atoms with E-state index in [1.165, 1.54) is 96.3 Å². The monoisotopic (exact) mass is 381 g/mol. The van der Waals surface area contributed by atoms with Crippen molar-refractivity contribution in [1.82, 2.24) is 5.32 Å². The number of hydrogen-bond acceptors (Lipinski definition) is 3. The van der Waals surface area contributed by atoms with Gasteiger partial charge in [-0.3, -0.25) is 0 Å². The molecule has 0 amide bonds. The van der Waals surface area contributed by atoms with Crippen LogP contribution in [-0.4, -0.2) is 19.1 Å². The summed E-state index contributed by atoms with van der Waals surface area (Å²) in [5.74, 6) is -0.239. The van der Waals surface area contributed by atoms with Crippen molar-refractivity contribution in [3.8, 4) is 0 Å². The van der Waals surface area contributed by atoms with E-state index in [4.69, 9.17) is 4.74 Å². The lowest BCUT2D eigenvalue weighted by molar-refractivity contribution is -0.138. The van der Waals surface area contributed by atoms with Crippen molar-refractivity contribution in [2.45, 2.75) is 124 Å². The highest BCUT2D eigenvalue weighted by molar-refractivity contribution is 5.87. The Morgan fingerprint density at radius 1 is 0.704 bits per heavy atom. The minimum atomic E-state index is -0.239. The Hall–Kier alpha value is -0.990. The number of ether oxygens (including phenoxy) is 1. The summed E-state index contributed by atoms with van der Waals surface area (Å²) in [6.07, 6.45) is 23.9. The molecule has 0 aliphatic carbocycles. The highest BCUT2D eigenvalue weighted by atomic mass is 16.5. The first kappa shape index (κ1) is 26.0. The Bertz CT molecular complexity index is 352. The first-order valence-electron chi connectivity index (χ1n) is 11.8. The van der Waals surface area contributed by atoms with Gasteiger partial charge < -0.3 is 10.1 Å². The van der Waals surface area contributed by atoms with Gasteiger partial charge in [-0.25, -0.2) is 4.79 Å². The molecule has 0 saturated heterocycles. The second-order valence-electron chi connectivity index (χ2n) is 7.65. The normalized spacial score (nSPS) is 11.6. The average molecular weight is 382 g/mol. The molecular formula is C24H47NO2. The van der Waals surface area contributed by atoms with Crippen molar-refractivity contribution in [2.24, 2.45) is 0 Å². The van der Waals surface area contributed by atoms with E-state index in [1.807, 2.05) is 13.8 Å². The van der Waals surface area contributed by atoms with Gasteiger partial charge in [-0.15, -0.1) is 0 Å². The molecule has 0 aliphatic rings. The zero-order chi connectivity index (χ0) is 20.0. The van der Waals surface area contributed by atoms with Gasteiger partial charge in [0.25, 0.3) is 0 Å². The van der Waals surface area contributed by atoms with Crippen LogP contribution in [0.1, 0.15) is 124 Å². The molecule has 0 aromatic heterocycles. The first-order chi connectivity index (χ1) is 13.3. The van der Waals surface area contributed by atoms with E-state index in [2.05, 4.69) is 12.2 Å². The Morgan fingerprint density at radius 2 is 1.11 bits per heavy atom. The zero-order valence-electron chi connectivity index (χ0n) is 18.6. The minimum Gasteiger partial charge on any atom is -0.461 e. The molecule has 0 rings (SSSR count). The van der Waals surface area contributed by atoms with Gasteiger partial charge in [0.15, 0.2) is 0 Å².